The van der Waals surface area contributed by atoms with Crippen molar-refractivity contribution in [3.8, 4) is 22.8 Å². The molecular formula is C24H20N6S. The monoisotopic (exact) mass is 424 g/mol. The number of benzene rings is 2. The van der Waals surface area contributed by atoms with Gasteiger partial charge in [0, 0.05) is 35.5 Å². The lowest BCUT2D eigenvalue weighted by molar-refractivity contribution is 0.686. The summed E-state index contributed by atoms with van der Waals surface area (Å²) in [5.74, 6) is 1.54. The molecule has 0 spiro atoms. The van der Waals surface area contributed by atoms with Crippen molar-refractivity contribution in [1.82, 2.24) is 29.7 Å². The summed E-state index contributed by atoms with van der Waals surface area (Å²) >= 11 is 1.52. The van der Waals surface area contributed by atoms with Gasteiger partial charge in [-0.3, -0.25) is 4.98 Å². The number of rotatable bonds is 5. The zero-order valence-electron chi connectivity index (χ0n) is 17.2. The van der Waals surface area contributed by atoms with Gasteiger partial charge in [0.05, 0.1) is 5.52 Å². The lowest BCUT2D eigenvalue weighted by atomic mass is 10.1. The molecule has 0 saturated carbocycles. The topological polar surface area (TPSA) is 69.4 Å². The molecule has 0 saturated heterocycles. The van der Waals surface area contributed by atoms with E-state index in [-0.39, 0.29) is 0 Å². The zero-order chi connectivity index (χ0) is 21.2. The number of hydrogen-bond acceptors (Lipinski definition) is 6. The highest BCUT2D eigenvalue weighted by molar-refractivity contribution is 7.99. The van der Waals surface area contributed by atoms with Crippen molar-refractivity contribution in [2.45, 2.75) is 30.6 Å². The molecule has 5 aromatic rings. The summed E-state index contributed by atoms with van der Waals surface area (Å²) in [6.45, 7) is 4.96. The van der Waals surface area contributed by atoms with E-state index in [1.54, 1.807) is 12.4 Å². The second-order valence-corrected chi connectivity index (χ2v) is 8.03. The molecule has 0 unspecified atom stereocenters. The summed E-state index contributed by atoms with van der Waals surface area (Å²) in [6.07, 6.45) is 3.51. The third-order valence-electron chi connectivity index (χ3n) is 5.11. The molecule has 0 fully saturated rings. The molecule has 31 heavy (non-hydrogen) atoms. The quantitative estimate of drug-likeness (QED) is 0.350. The van der Waals surface area contributed by atoms with E-state index < -0.39 is 0 Å². The SMILES string of the molecule is CCn1c(Sc2nc(-c3ccncc3)nc3ccccc23)nnc1-c1ccccc1C. The van der Waals surface area contributed by atoms with Crippen molar-refractivity contribution in [3.05, 3.63) is 78.6 Å². The van der Waals surface area contributed by atoms with Gasteiger partial charge in [0.2, 0.25) is 0 Å². The minimum absolute atomic E-state index is 0.672. The number of hydrogen-bond donors (Lipinski definition) is 0. The lowest BCUT2D eigenvalue weighted by Gasteiger charge is -2.11. The molecule has 0 amide bonds. The molecule has 0 aliphatic rings. The second kappa shape index (κ2) is 8.28. The average molecular weight is 425 g/mol. The molecule has 0 atom stereocenters. The lowest BCUT2D eigenvalue weighted by Crippen LogP contribution is -2.01. The molecule has 2 aromatic carbocycles. The zero-order valence-corrected chi connectivity index (χ0v) is 18.0. The van der Waals surface area contributed by atoms with Crippen LogP contribution in [0.1, 0.15) is 12.5 Å². The third kappa shape index (κ3) is 3.68. The van der Waals surface area contributed by atoms with Crippen LogP contribution in [-0.2, 0) is 6.54 Å². The number of aryl methyl sites for hydroxylation is 1. The van der Waals surface area contributed by atoms with Crippen molar-refractivity contribution < 1.29 is 0 Å². The maximum atomic E-state index is 4.88. The van der Waals surface area contributed by atoms with Crippen molar-refractivity contribution in [2.75, 3.05) is 0 Å². The normalized spacial score (nSPS) is 11.2. The molecule has 6 nitrogen and oxygen atoms in total. The standard InChI is InChI=1S/C24H20N6S/c1-3-30-22(18-9-5-4-8-16(18)2)28-29-24(30)31-23-19-10-6-7-11-20(19)26-21(27-23)17-12-14-25-15-13-17/h4-15H,3H2,1-2H3. The highest BCUT2D eigenvalue weighted by Gasteiger charge is 2.18. The van der Waals surface area contributed by atoms with E-state index in [4.69, 9.17) is 9.97 Å². The molecule has 0 aliphatic carbocycles. The fourth-order valence-electron chi connectivity index (χ4n) is 3.51. The molecule has 0 aliphatic heterocycles. The number of para-hydroxylation sites is 1. The number of nitrogens with zero attached hydrogens (tertiary/aromatic N) is 6. The maximum absolute atomic E-state index is 4.88. The van der Waals surface area contributed by atoms with Gasteiger partial charge in [-0.15, -0.1) is 10.2 Å². The van der Waals surface area contributed by atoms with Gasteiger partial charge in [-0.2, -0.15) is 0 Å². The molecular weight excluding hydrogens is 404 g/mol. The van der Waals surface area contributed by atoms with Crippen LogP contribution in [0, 0.1) is 6.92 Å². The largest absolute Gasteiger partial charge is 0.302 e. The van der Waals surface area contributed by atoms with Crippen molar-refractivity contribution >= 4 is 22.7 Å². The molecule has 0 radical (unpaired) electrons. The Morgan fingerprint density at radius 2 is 1.65 bits per heavy atom. The van der Waals surface area contributed by atoms with Crippen LogP contribution in [0.25, 0.3) is 33.7 Å². The van der Waals surface area contributed by atoms with Crippen LogP contribution >= 0.6 is 11.8 Å². The fourth-order valence-corrected chi connectivity index (χ4v) is 4.51. The summed E-state index contributed by atoms with van der Waals surface area (Å²) in [5.41, 5.74) is 4.09. The first-order chi connectivity index (χ1) is 15.2. The smallest absolute Gasteiger partial charge is 0.197 e. The van der Waals surface area contributed by atoms with Gasteiger partial charge >= 0.3 is 0 Å². The Hall–Kier alpha value is -3.58. The highest BCUT2D eigenvalue weighted by Crippen LogP contribution is 2.34. The first kappa shape index (κ1) is 19.4. The molecule has 3 aromatic heterocycles. The van der Waals surface area contributed by atoms with Gasteiger partial charge < -0.3 is 4.57 Å². The van der Waals surface area contributed by atoms with Crippen LogP contribution in [0.2, 0.25) is 0 Å². The van der Waals surface area contributed by atoms with Crippen LogP contribution in [-0.4, -0.2) is 29.7 Å². The van der Waals surface area contributed by atoms with E-state index in [0.29, 0.717) is 5.82 Å². The van der Waals surface area contributed by atoms with E-state index in [2.05, 4.69) is 45.7 Å². The van der Waals surface area contributed by atoms with Crippen molar-refractivity contribution in [3.63, 3.8) is 0 Å². The molecule has 0 bridgehead atoms. The summed E-state index contributed by atoms with van der Waals surface area (Å²) in [7, 11) is 0. The van der Waals surface area contributed by atoms with Crippen LogP contribution < -0.4 is 0 Å². The number of fused-ring (bicyclic) bond motifs is 1. The Balaban J connectivity index is 1.62. The Morgan fingerprint density at radius 3 is 2.45 bits per heavy atom. The minimum Gasteiger partial charge on any atom is -0.302 e. The van der Waals surface area contributed by atoms with Gasteiger partial charge in [0.25, 0.3) is 0 Å². The van der Waals surface area contributed by atoms with E-state index >= 15 is 0 Å². The van der Waals surface area contributed by atoms with Gasteiger partial charge in [-0.05, 0) is 49.4 Å². The predicted octanol–water partition coefficient (Wildman–Crippen LogP) is 5.43. The van der Waals surface area contributed by atoms with E-state index in [0.717, 1.165) is 44.6 Å². The number of aromatic nitrogens is 6. The van der Waals surface area contributed by atoms with Crippen LogP contribution in [0.3, 0.4) is 0 Å². The van der Waals surface area contributed by atoms with Crippen LogP contribution in [0.5, 0.6) is 0 Å². The molecule has 3 heterocycles. The second-order valence-electron chi connectivity index (χ2n) is 7.07. The summed E-state index contributed by atoms with van der Waals surface area (Å²) < 4.78 is 2.13. The highest BCUT2D eigenvalue weighted by atomic mass is 32.2. The average Bonchev–Trinajstić information content (AvgIpc) is 3.22. The Labute approximate surface area is 184 Å². The first-order valence-electron chi connectivity index (χ1n) is 10.1. The molecule has 5 rings (SSSR count). The van der Waals surface area contributed by atoms with Crippen LogP contribution in [0.15, 0.2) is 83.2 Å². The Morgan fingerprint density at radius 1 is 0.871 bits per heavy atom. The summed E-state index contributed by atoms with van der Waals surface area (Å²) in [6, 6.07) is 20.1. The first-order valence-corrected chi connectivity index (χ1v) is 10.9. The van der Waals surface area contributed by atoms with Gasteiger partial charge in [-0.1, -0.05) is 42.5 Å². The van der Waals surface area contributed by atoms with Gasteiger partial charge in [-0.25, -0.2) is 9.97 Å². The Kier molecular flexibility index (Phi) is 5.18. The van der Waals surface area contributed by atoms with Gasteiger partial charge in [0.1, 0.15) is 5.03 Å². The molecule has 152 valence electrons. The minimum atomic E-state index is 0.672. The summed E-state index contributed by atoms with van der Waals surface area (Å²) in [5, 5.41) is 11.7. The third-order valence-corrected chi connectivity index (χ3v) is 6.10. The predicted molar refractivity (Wildman–Crippen MR) is 123 cm³/mol. The number of pyridine rings is 1. The van der Waals surface area contributed by atoms with Gasteiger partial charge in [0.15, 0.2) is 16.8 Å². The van der Waals surface area contributed by atoms with E-state index in [1.165, 1.54) is 17.3 Å². The van der Waals surface area contributed by atoms with Crippen molar-refractivity contribution in [2.24, 2.45) is 0 Å². The van der Waals surface area contributed by atoms with Crippen LogP contribution in [0.4, 0.5) is 0 Å². The fraction of sp³-hybridized carbons (Fsp3) is 0.125. The maximum Gasteiger partial charge on any atom is 0.197 e. The van der Waals surface area contributed by atoms with E-state index in [1.807, 2.05) is 48.5 Å². The Bertz CT molecular complexity index is 1360. The molecule has 7 heteroatoms. The summed E-state index contributed by atoms with van der Waals surface area (Å²) in [4.78, 5) is 13.7. The van der Waals surface area contributed by atoms with E-state index in [9.17, 15) is 0 Å². The van der Waals surface area contributed by atoms with Crippen molar-refractivity contribution in [1.29, 1.82) is 0 Å². The molecule has 0 N–H and O–H groups in total.